The Hall–Kier alpha value is -3.87. The molecule has 1 amide bonds. The Kier molecular flexibility index (Phi) is 5.38. The van der Waals surface area contributed by atoms with Gasteiger partial charge in [-0.1, -0.05) is 18.2 Å². The topological polar surface area (TPSA) is 91.9 Å². The van der Waals surface area contributed by atoms with Gasteiger partial charge in [0, 0.05) is 41.7 Å². The number of aromatic amines is 1. The second kappa shape index (κ2) is 8.43. The van der Waals surface area contributed by atoms with Crippen molar-refractivity contribution in [3.63, 3.8) is 0 Å². The molecule has 7 heteroatoms. The van der Waals surface area contributed by atoms with Gasteiger partial charge in [0.05, 0.1) is 12.7 Å². The number of hydrogen-bond acceptors (Lipinski definition) is 5. The fourth-order valence-electron chi connectivity index (χ4n) is 3.06. The minimum Gasteiger partial charge on any atom is -0.497 e. The molecule has 0 saturated heterocycles. The van der Waals surface area contributed by atoms with Crippen LogP contribution in [0.3, 0.4) is 0 Å². The number of para-hydroxylation sites is 1. The number of carbonyl (C=O) groups is 1. The summed E-state index contributed by atoms with van der Waals surface area (Å²) in [5.74, 6) is 1.00. The highest BCUT2D eigenvalue weighted by Crippen LogP contribution is 2.18. The van der Waals surface area contributed by atoms with Crippen LogP contribution in [0, 0.1) is 0 Å². The number of fused-ring (bicyclic) bond motifs is 1. The van der Waals surface area contributed by atoms with E-state index in [9.17, 15) is 4.79 Å². The van der Waals surface area contributed by atoms with E-state index in [0.29, 0.717) is 18.1 Å². The van der Waals surface area contributed by atoms with Crippen LogP contribution >= 0.6 is 0 Å². The van der Waals surface area contributed by atoms with Crippen LogP contribution in [0.15, 0.2) is 67.1 Å². The van der Waals surface area contributed by atoms with Crippen LogP contribution in [-0.4, -0.2) is 34.5 Å². The van der Waals surface area contributed by atoms with Gasteiger partial charge < -0.3 is 20.4 Å². The monoisotopic (exact) mass is 387 g/mol. The molecule has 7 nitrogen and oxygen atoms in total. The second-order valence-electron chi connectivity index (χ2n) is 6.51. The summed E-state index contributed by atoms with van der Waals surface area (Å²) in [5.41, 5.74) is 3.53. The van der Waals surface area contributed by atoms with Crippen LogP contribution in [-0.2, 0) is 6.42 Å². The van der Waals surface area contributed by atoms with Crippen molar-refractivity contribution in [1.82, 2.24) is 20.3 Å². The molecule has 146 valence electrons. The van der Waals surface area contributed by atoms with E-state index < -0.39 is 0 Å². The number of ether oxygens (including phenoxy) is 1. The van der Waals surface area contributed by atoms with Crippen molar-refractivity contribution in [2.24, 2.45) is 0 Å². The highest BCUT2D eigenvalue weighted by atomic mass is 16.5. The van der Waals surface area contributed by atoms with Crippen LogP contribution in [0.2, 0.25) is 0 Å². The van der Waals surface area contributed by atoms with E-state index in [1.54, 1.807) is 7.11 Å². The lowest BCUT2D eigenvalue weighted by Crippen LogP contribution is -2.26. The Morgan fingerprint density at radius 1 is 1.07 bits per heavy atom. The average molecular weight is 387 g/mol. The molecule has 4 rings (SSSR count). The van der Waals surface area contributed by atoms with Gasteiger partial charge in [0.25, 0.3) is 5.91 Å². The molecule has 0 aliphatic heterocycles. The minimum absolute atomic E-state index is 0.194. The van der Waals surface area contributed by atoms with Gasteiger partial charge in [-0.05, 0) is 42.3 Å². The number of benzene rings is 2. The summed E-state index contributed by atoms with van der Waals surface area (Å²) in [6, 6.07) is 15.5. The maximum atomic E-state index is 12.3. The molecule has 0 atom stereocenters. The van der Waals surface area contributed by atoms with Gasteiger partial charge in [0.15, 0.2) is 0 Å². The Balaban J connectivity index is 1.31. The molecule has 2 aromatic heterocycles. The smallest absolute Gasteiger partial charge is 0.254 e. The second-order valence-corrected chi connectivity index (χ2v) is 6.51. The molecule has 2 heterocycles. The maximum absolute atomic E-state index is 12.3. The normalized spacial score (nSPS) is 10.7. The number of anilines is 2. The largest absolute Gasteiger partial charge is 0.497 e. The molecular formula is C22H21N5O2. The Morgan fingerprint density at radius 2 is 1.83 bits per heavy atom. The predicted molar refractivity (Wildman–Crippen MR) is 113 cm³/mol. The number of rotatable bonds is 7. The van der Waals surface area contributed by atoms with E-state index in [-0.39, 0.29) is 5.91 Å². The van der Waals surface area contributed by atoms with E-state index >= 15 is 0 Å². The molecular weight excluding hydrogens is 366 g/mol. The molecule has 0 aliphatic carbocycles. The van der Waals surface area contributed by atoms with E-state index in [0.717, 1.165) is 23.4 Å². The first-order valence-corrected chi connectivity index (χ1v) is 9.29. The van der Waals surface area contributed by atoms with Gasteiger partial charge in [-0.3, -0.25) is 4.79 Å². The fourth-order valence-corrected chi connectivity index (χ4v) is 3.06. The summed E-state index contributed by atoms with van der Waals surface area (Å²) in [6.07, 6.45) is 5.76. The van der Waals surface area contributed by atoms with Crippen molar-refractivity contribution in [3.05, 3.63) is 78.2 Å². The molecule has 0 bridgehead atoms. The summed E-state index contributed by atoms with van der Waals surface area (Å²) >= 11 is 0. The zero-order chi connectivity index (χ0) is 20.1. The summed E-state index contributed by atoms with van der Waals surface area (Å²) in [6.45, 7) is 0.534. The third-order valence-electron chi connectivity index (χ3n) is 4.62. The van der Waals surface area contributed by atoms with Crippen molar-refractivity contribution in [1.29, 1.82) is 0 Å². The highest BCUT2D eigenvalue weighted by Gasteiger charge is 2.08. The quantitative estimate of drug-likeness (QED) is 0.450. The van der Waals surface area contributed by atoms with Gasteiger partial charge in [-0.25, -0.2) is 9.97 Å². The van der Waals surface area contributed by atoms with Crippen molar-refractivity contribution in [3.8, 4) is 5.75 Å². The average Bonchev–Trinajstić information content (AvgIpc) is 3.18. The molecule has 0 spiro atoms. The zero-order valence-corrected chi connectivity index (χ0v) is 16.0. The maximum Gasteiger partial charge on any atom is 0.254 e. The first-order valence-electron chi connectivity index (χ1n) is 9.29. The van der Waals surface area contributed by atoms with Crippen molar-refractivity contribution < 1.29 is 9.53 Å². The summed E-state index contributed by atoms with van der Waals surface area (Å²) < 4.78 is 5.13. The fraction of sp³-hybridized carbons (Fsp3) is 0.136. The summed E-state index contributed by atoms with van der Waals surface area (Å²) in [5, 5.41) is 7.18. The van der Waals surface area contributed by atoms with Crippen molar-refractivity contribution >= 4 is 28.4 Å². The van der Waals surface area contributed by atoms with Crippen LogP contribution in [0.5, 0.6) is 5.75 Å². The van der Waals surface area contributed by atoms with Crippen LogP contribution in [0.1, 0.15) is 15.9 Å². The zero-order valence-electron chi connectivity index (χ0n) is 16.0. The number of amides is 1. The number of methoxy groups -OCH3 is 1. The molecule has 0 aliphatic rings. The summed E-state index contributed by atoms with van der Waals surface area (Å²) in [4.78, 5) is 24.0. The molecule has 0 unspecified atom stereocenters. The van der Waals surface area contributed by atoms with E-state index in [1.807, 2.05) is 48.7 Å². The number of nitrogens with one attached hydrogen (secondary N) is 3. The van der Waals surface area contributed by atoms with Gasteiger partial charge >= 0.3 is 0 Å². The van der Waals surface area contributed by atoms with Crippen LogP contribution in [0.25, 0.3) is 10.9 Å². The van der Waals surface area contributed by atoms with Gasteiger partial charge in [0.2, 0.25) is 5.95 Å². The Labute approximate surface area is 168 Å². The predicted octanol–water partition coefficient (Wildman–Crippen LogP) is 3.68. The highest BCUT2D eigenvalue weighted by molar-refractivity contribution is 5.93. The van der Waals surface area contributed by atoms with Crippen molar-refractivity contribution in [2.75, 3.05) is 19.0 Å². The van der Waals surface area contributed by atoms with Crippen LogP contribution in [0.4, 0.5) is 11.6 Å². The number of carbonyl (C=O) groups excluding carboxylic acids is 1. The summed E-state index contributed by atoms with van der Waals surface area (Å²) in [7, 11) is 1.62. The Bertz CT molecular complexity index is 1100. The minimum atomic E-state index is -0.194. The lowest BCUT2D eigenvalue weighted by Gasteiger charge is -2.07. The van der Waals surface area contributed by atoms with Crippen LogP contribution < -0.4 is 15.4 Å². The van der Waals surface area contributed by atoms with E-state index in [1.165, 1.54) is 23.3 Å². The molecule has 0 saturated carbocycles. The van der Waals surface area contributed by atoms with Gasteiger partial charge in [-0.15, -0.1) is 0 Å². The first-order chi connectivity index (χ1) is 14.2. The third-order valence-corrected chi connectivity index (χ3v) is 4.62. The van der Waals surface area contributed by atoms with Crippen molar-refractivity contribution in [2.45, 2.75) is 6.42 Å². The molecule has 4 aromatic rings. The SMILES string of the molecule is COc1ccc(Nc2ncc(C(=O)NCCc3c[nH]c4ccccc34)cn2)cc1. The van der Waals surface area contributed by atoms with Gasteiger partial charge in [0.1, 0.15) is 5.75 Å². The molecule has 29 heavy (non-hydrogen) atoms. The standard InChI is InChI=1S/C22H21N5O2/c1-29-18-8-6-17(7-9-18)27-22-25-13-16(14-26-22)21(28)23-11-10-15-12-24-20-5-3-2-4-19(15)20/h2-9,12-14,24H,10-11H2,1H3,(H,23,28)(H,25,26,27). The lowest BCUT2D eigenvalue weighted by molar-refractivity contribution is 0.0953. The third kappa shape index (κ3) is 4.35. The Morgan fingerprint density at radius 3 is 2.59 bits per heavy atom. The molecule has 3 N–H and O–H groups in total. The lowest BCUT2D eigenvalue weighted by atomic mass is 10.1. The van der Waals surface area contributed by atoms with E-state index in [2.05, 4.69) is 31.7 Å². The number of nitrogens with zero attached hydrogens (tertiary/aromatic N) is 2. The molecule has 0 radical (unpaired) electrons. The van der Waals surface area contributed by atoms with Gasteiger partial charge in [-0.2, -0.15) is 0 Å². The first kappa shape index (κ1) is 18.5. The molecule has 0 fully saturated rings. The number of H-pyrrole nitrogens is 1. The van der Waals surface area contributed by atoms with E-state index in [4.69, 9.17) is 4.74 Å². The number of aromatic nitrogens is 3. The molecule has 2 aromatic carbocycles. The number of hydrogen-bond donors (Lipinski definition) is 3.